The van der Waals surface area contributed by atoms with E-state index in [0.29, 0.717) is 29.2 Å². The average Bonchev–Trinajstić information content (AvgIpc) is 2.72. The SMILES string of the molecule is CCOC(=O)C1=C(C)N=C2C[C@@H](C)[C@H](C(=O)OC)C(=O)[C@@H]2[C@@H]1c1cccc(OC)c1. The summed E-state index contributed by atoms with van der Waals surface area (Å²) in [5.74, 6) is -3.21. The Morgan fingerprint density at radius 2 is 1.93 bits per heavy atom. The number of methoxy groups -OCH3 is 2. The Balaban J connectivity index is 2.19. The highest BCUT2D eigenvalue weighted by Crippen LogP contribution is 2.46. The first-order valence-corrected chi connectivity index (χ1v) is 10.0. The first kappa shape index (κ1) is 21.7. The zero-order chi connectivity index (χ0) is 22.0. The van der Waals surface area contributed by atoms with Crippen LogP contribution >= 0.6 is 0 Å². The van der Waals surface area contributed by atoms with Crippen molar-refractivity contribution in [1.82, 2.24) is 0 Å². The summed E-state index contributed by atoms with van der Waals surface area (Å²) in [6.07, 6.45) is 0.476. The molecule has 1 heterocycles. The predicted octanol–water partition coefficient (Wildman–Crippen LogP) is 3.08. The van der Waals surface area contributed by atoms with Crippen molar-refractivity contribution in [3.05, 3.63) is 41.1 Å². The van der Waals surface area contributed by atoms with Gasteiger partial charge in [-0.15, -0.1) is 0 Å². The number of carbonyl (C=O) groups excluding carboxylic acids is 3. The molecular weight excluding hydrogens is 386 g/mol. The monoisotopic (exact) mass is 413 g/mol. The lowest BCUT2D eigenvalue weighted by atomic mass is 9.63. The lowest BCUT2D eigenvalue weighted by Crippen LogP contribution is -2.48. The van der Waals surface area contributed by atoms with Gasteiger partial charge in [-0.3, -0.25) is 14.6 Å². The van der Waals surface area contributed by atoms with Gasteiger partial charge in [0.2, 0.25) is 0 Å². The molecule has 0 saturated heterocycles. The Labute approximate surface area is 176 Å². The first-order valence-electron chi connectivity index (χ1n) is 10.0. The van der Waals surface area contributed by atoms with Gasteiger partial charge in [0, 0.05) is 17.3 Å². The fraction of sp³-hybridized carbons (Fsp3) is 0.478. The van der Waals surface area contributed by atoms with Gasteiger partial charge in [0.15, 0.2) is 5.78 Å². The Bertz CT molecular complexity index is 931. The molecule has 7 nitrogen and oxygen atoms in total. The van der Waals surface area contributed by atoms with E-state index in [9.17, 15) is 14.4 Å². The summed E-state index contributed by atoms with van der Waals surface area (Å²) < 4.78 is 15.5. The number of carbonyl (C=O) groups is 3. The van der Waals surface area contributed by atoms with Crippen LogP contribution in [0, 0.1) is 17.8 Å². The molecule has 1 fully saturated rings. The van der Waals surface area contributed by atoms with E-state index in [2.05, 4.69) is 4.99 Å². The van der Waals surface area contributed by atoms with E-state index in [1.165, 1.54) is 7.11 Å². The summed E-state index contributed by atoms with van der Waals surface area (Å²) in [6.45, 7) is 5.53. The van der Waals surface area contributed by atoms with Crippen molar-refractivity contribution in [2.75, 3.05) is 20.8 Å². The highest BCUT2D eigenvalue weighted by molar-refractivity contribution is 6.17. The minimum Gasteiger partial charge on any atom is -0.497 e. The van der Waals surface area contributed by atoms with Gasteiger partial charge < -0.3 is 14.2 Å². The van der Waals surface area contributed by atoms with E-state index in [4.69, 9.17) is 14.2 Å². The zero-order valence-electron chi connectivity index (χ0n) is 17.9. The van der Waals surface area contributed by atoms with Gasteiger partial charge in [-0.25, -0.2) is 4.79 Å². The van der Waals surface area contributed by atoms with Crippen LogP contribution < -0.4 is 4.74 Å². The van der Waals surface area contributed by atoms with Crippen molar-refractivity contribution < 1.29 is 28.6 Å². The van der Waals surface area contributed by atoms with Crippen molar-refractivity contribution in [3.8, 4) is 5.75 Å². The standard InChI is InChI=1S/C23H27NO6/c1-6-30-23(27)18-13(3)24-16-10-12(2)17(22(26)29-5)21(25)20(16)19(18)14-8-7-9-15(11-14)28-4/h7-9,11-12,17,19-20H,6,10H2,1-5H3/t12-,17+,19-,20+/m1/s1. The number of hydrogen-bond acceptors (Lipinski definition) is 7. The third kappa shape index (κ3) is 3.76. The Morgan fingerprint density at radius 1 is 1.20 bits per heavy atom. The quantitative estimate of drug-likeness (QED) is 0.544. The van der Waals surface area contributed by atoms with Crippen LogP contribution in [-0.4, -0.2) is 44.3 Å². The molecule has 1 aliphatic carbocycles. The van der Waals surface area contributed by atoms with E-state index >= 15 is 0 Å². The molecule has 1 aromatic carbocycles. The molecule has 160 valence electrons. The summed E-state index contributed by atoms with van der Waals surface area (Å²) in [5, 5.41) is 0. The van der Waals surface area contributed by atoms with Crippen LogP contribution in [0.25, 0.3) is 0 Å². The molecule has 2 aliphatic rings. The summed E-state index contributed by atoms with van der Waals surface area (Å²) in [4.78, 5) is 43.4. The fourth-order valence-electron chi connectivity index (χ4n) is 4.51. The number of rotatable bonds is 5. The molecule has 4 atom stereocenters. The largest absolute Gasteiger partial charge is 0.497 e. The second-order valence-corrected chi connectivity index (χ2v) is 7.64. The maximum Gasteiger partial charge on any atom is 0.336 e. The molecule has 0 unspecified atom stereocenters. The van der Waals surface area contributed by atoms with E-state index in [1.54, 1.807) is 33.1 Å². The molecule has 0 spiro atoms. The van der Waals surface area contributed by atoms with Gasteiger partial charge >= 0.3 is 11.9 Å². The molecule has 0 radical (unpaired) electrons. The fourth-order valence-corrected chi connectivity index (χ4v) is 4.51. The maximum absolute atomic E-state index is 13.6. The van der Waals surface area contributed by atoms with Crippen molar-refractivity contribution in [2.24, 2.45) is 22.7 Å². The number of allylic oxidation sites excluding steroid dienone is 1. The highest BCUT2D eigenvalue weighted by atomic mass is 16.5. The van der Waals surface area contributed by atoms with E-state index < -0.39 is 29.7 Å². The Kier molecular flexibility index (Phi) is 6.39. The second-order valence-electron chi connectivity index (χ2n) is 7.64. The van der Waals surface area contributed by atoms with Crippen LogP contribution in [0.3, 0.4) is 0 Å². The van der Waals surface area contributed by atoms with Gasteiger partial charge in [0.05, 0.1) is 32.3 Å². The van der Waals surface area contributed by atoms with Crippen molar-refractivity contribution in [3.63, 3.8) is 0 Å². The van der Waals surface area contributed by atoms with E-state index in [0.717, 1.165) is 5.56 Å². The van der Waals surface area contributed by atoms with Crippen LogP contribution in [-0.2, 0) is 23.9 Å². The number of ether oxygens (including phenoxy) is 3. The molecule has 1 aliphatic heterocycles. The van der Waals surface area contributed by atoms with Gasteiger partial charge in [0.25, 0.3) is 0 Å². The number of Topliss-reactive ketones (excluding diaryl/α,β-unsaturated/α-hetero) is 1. The average molecular weight is 413 g/mol. The maximum atomic E-state index is 13.6. The molecule has 0 bridgehead atoms. The number of aliphatic imine (C=N–C) groups is 1. The number of nitrogens with zero attached hydrogens (tertiary/aromatic N) is 1. The lowest BCUT2D eigenvalue weighted by Gasteiger charge is -2.40. The van der Waals surface area contributed by atoms with Gasteiger partial charge in [-0.2, -0.15) is 0 Å². The number of benzene rings is 1. The predicted molar refractivity (Wildman–Crippen MR) is 110 cm³/mol. The van der Waals surface area contributed by atoms with Crippen LogP contribution in [0.15, 0.2) is 40.5 Å². The summed E-state index contributed by atoms with van der Waals surface area (Å²) >= 11 is 0. The smallest absolute Gasteiger partial charge is 0.336 e. The zero-order valence-corrected chi connectivity index (χ0v) is 17.9. The molecule has 3 rings (SSSR count). The Hall–Kier alpha value is -2.96. The number of esters is 2. The highest BCUT2D eigenvalue weighted by Gasteiger charge is 2.51. The number of hydrogen-bond donors (Lipinski definition) is 0. The third-order valence-electron chi connectivity index (χ3n) is 5.82. The van der Waals surface area contributed by atoms with Gasteiger partial charge in [-0.1, -0.05) is 19.1 Å². The Morgan fingerprint density at radius 3 is 2.57 bits per heavy atom. The van der Waals surface area contributed by atoms with Crippen molar-refractivity contribution in [1.29, 1.82) is 0 Å². The van der Waals surface area contributed by atoms with Gasteiger partial charge in [0.1, 0.15) is 11.7 Å². The van der Waals surface area contributed by atoms with Crippen molar-refractivity contribution >= 4 is 23.4 Å². The normalized spacial score (nSPS) is 25.9. The molecule has 0 N–H and O–H groups in total. The van der Waals surface area contributed by atoms with Crippen LogP contribution in [0.1, 0.15) is 38.7 Å². The third-order valence-corrected chi connectivity index (χ3v) is 5.82. The number of ketones is 1. The van der Waals surface area contributed by atoms with Crippen LogP contribution in [0.2, 0.25) is 0 Å². The molecule has 1 saturated carbocycles. The lowest BCUT2D eigenvalue weighted by molar-refractivity contribution is -0.152. The van der Waals surface area contributed by atoms with E-state index in [1.807, 2.05) is 19.1 Å². The summed E-state index contributed by atoms with van der Waals surface area (Å²) in [6, 6.07) is 7.26. The molecule has 1 aromatic rings. The number of fused-ring (bicyclic) bond motifs is 1. The minimum absolute atomic E-state index is 0.206. The topological polar surface area (TPSA) is 91.3 Å². The molecule has 7 heteroatoms. The summed E-state index contributed by atoms with van der Waals surface area (Å²) in [7, 11) is 2.83. The molecular formula is C23H27NO6. The first-order chi connectivity index (χ1) is 14.3. The van der Waals surface area contributed by atoms with E-state index in [-0.39, 0.29) is 18.3 Å². The summed E-state index contributed by atoms with van der Waals surface area (Å²) in [5.41, 5.74) is 2.29. The van der Waals surface area contributed by atoms with Crippen molar-refractivity contribution in [2.45, 2.75) is 33.1 Å². The molecule has 0 aromatic heterocycles. The second kappa shape index (κ2) is 8.81. The molecule has 0 amide bonds. The minimum atomic E-state index is -0.895. The van der Waals surface area contributed by atoms with Crippen LogP contribution in [0.4, 0.5) is 0 Å². The van der Waals surface area contributed by atoms with Gasteiger partial charge in [-0.05, 0) is 43.9 Å². The molecule has 30 heavy (non-hydrogen) atoms. The van der Waals surface area contributed by atoms with Crippen LogP contribution in [0.5, 0.6) is 5.75 Å².